The van der Waals surface area contributed by atoms with Gasteiger partial charge in [-0.3, -0.25) is 4.79 Å². The van der Waals surface area contributed by atoms with E-state index in [2.05, 4.69) is 5.32 Å². The molecule has 2 heterocycles. The summed E-state index contributed by atoms with van der Waals surface area (Å²) in [4.78, 5) is 36.5. The van der Waals surface area contributed by atoms with Crippen molar-refractivity contribution in [3.8, 4) is 0 Å². The Balaban J connectivity index is 1.63. The standard InChI is InChI=1S/C23H24N2O6/c1-14-7-8-17(22(27)29-4)11-20(14)24-21(26)13-31-23(28)19-10-15(2)25(16(19)3)12-18-6-5-9-30-18/h5-11H,12-13H2,1-4H3,(H,24,26). The molecule has 0 saturated heterocycles. The molecule has 1 N–H and O–H groups in total. The fourth-order valence-electron chi connectivity index (χ4n) is 3.21. The zero-order valence-corrected chi connectivity index (χ0v) is 17.9. The van der Waals surface area contributed by atoms with Gasteiger partial charge < -0.3 is 23.8 Å². The van der Waals surface area contributed by atoms with Crippen LogP contribution < -0.4 is 5.32 Å². The van der Waals surface area contributed by atoms with Crippen LogP contribution >= 0.6 is 0 Å². The van der Waals surface area contributed by atoms with E-state index in [1.165, 1.54) is 13.2 Å². The maximum atomic E-state index is 12.5. The molecule has 0 saturated carbocycles. The zero-order chi connectivity index (χ0) is 22.5. The summed E-state index contributed by atoms with van der Waals surface area (Å²) in [6, 6.07) is 10.2. The normalized spacial score (nSPS) is 10.6. The van der Waals surface area contributed by atoms with Gasteiger partial charge in [-0.05, 0) is 56.7 Å². The third-order valence-corrected chi connectivity index (χ3v) is 4.95. The van der Waals surface area contributed by atoms with Crippen molar-refractivity contribution in [1.29, 1.82) is 0 Å². The lowest BCUT2D eigenvalue weighted by Crippen LogP contribution is -2.22. The van der Waals surface area contributed by atoms with E-state index in [-0.39, 0.29) is 0 Å². The van der Waals surface area contributed by atoms with Gasteiger partial charge in [0.2, 0.25) is 0 Å². The molecule has 0 atom stereocenters. The summed E-state index contributed by atoms with van der Waals surface area (Å²) in [5.74, 6) is -0.839. The highest BCUT2D eigenvalue weighted by Gasteiger charge is 2.19. The van der Waals surface area contributed by atoms with Gasteiger partial charge in [-0.2, -0.15) is 0 Å². The van der Waals surface area contributed by atoms with Gasteiger partial charge in [0.15, 0.2) is 6.61 Å². The number of amides is 1. The number of benzene rings is 1. The minimum atomic E-state index is -0.589. The Morgan fingerprint density at radius 2 is 1.84 bits per heavy atom. The highest BCUT2D eigenvalue weighted by molar-refractivity contribution is 5.98. The maximum Gasteiger partial charge on any atom is 0.340 e. The molecule has 0 unspecified atom stereocenters. The number of anilines is 1. The minimum absolute atomic E-state index is 0.310. The molecule has 0 aliphatic rings. The van der Waals surface area contributed by atoms with Crippen molar-refractivity contribution < 1.29 is 28.3 Å². The molecule has 0 fully saturated rings. The van der Waals surface area contributed by atoms with Crippen molar-refractivity contribution in [3.63, 3.8) is 0 Å². The van der Waals surface area contributed by atoms with Gasteiger partial charge in [-0.15, -0.1) is 0 Å². The van der Waals surface area contributed by atoms with Gasteiger partial charge in [-0.25, -0.2) is 9.59 Å². The second-order valence-corrected chi connectivity index (χ2v) is 7.10. The molecule has 162 valence electrons. The Bertz CT molecular complexity index is 1110. The predicted octanol–water partition coefficient (Wildman–Crippen LogP) is 3.64. The number of aryl methyl sites for hydroxylation is 2. The van der Waals surface area contributed by atoms with Crippen LogP contribution in [-0.2, 0) is 20.8 Å². The average molecular weight is 424 g/mol. The molecule has 0 bridgehead atoms. The third-order valence-electron chi connectivity index (χ3n) is 4.95. The fourth-order valence-corrected chi connectivity index (χ4v) is 3.21. The van der Waals surface area contributed by atoms with Gasteiger partial charge >= 0.3 is 11.9 Å². The summed E-state index contributed by atoms with van der Waals surface area (Å²) in [6.07, 6.45) is 1.60. The van der Waals surface area contributed by atoms with Gasteiger partial charge in [0.05, 0.1) is 31.0 Å². The van der Waals surface area contributed by atoms with Crippen molar-refractivity contribution in [2.45, 2.75) is 27.3 Å². The number of hydrogen-bond donors (Lipinski definition) is 1. The first-order valence-corrected chi connectivity index (χ1v) is 9.65. The van der Waals surface area contributed by atoms with Crippen LogP contribution in [0.3, 0.4) is 0 Å². The molecule has 31 heavy (non-hydrogen) atoms. The molecule has 8 heteroatoms. The van der Waals surface area contributed by atoms with Gasteiger partial charge in [0.1, 0.15) is 5.76 Å². The quantitative estimate of drug-likeness (QED) is 0.582. The number of furan rings is 1. The lowest BCUT2D eigenvalue weighted by Gasteiger charge is -2.11. The number of methoxy groups -OCH3 is 1. The molecule has 2 aromatic heterocycles. The summed E-state index contributed by atoms with van der Waals surface area (Å²) in [6.45, 7) is 5.53. The number of carbonyl (C=O) groups excluding carboxylic acids is 3. The van der Waals surface area contributed by atoms with Crippen molar-refractivity contribution in [1.82, 2.24) is 4.57 Å². The number of aromatic nitrogens is 1. The first-order valence-electron chi connectivity index (χ1n) is 9.65. The molecule has 1 amide bonds. The Morgan fingerprint density at radius 3 is 2.52 bits per heavy atom. The number of nitrogens with one attached hydrogen (secondary N) is 1. The minimum Gasteiger partial charge on any atom is -0.467 e. The van der Waals surface area contributed by atoms with Crippen LogP contribution in [-0.4, -0.2) is 36.1 Å². The van der Waals surface area contributed by atoms with Gasteiger partial charge in [-0.1, -0.05) is 6.07 Å². The van der Waals surface area contributed by atoms with E-state index >= 15 is 0 Å². The second-order valence-electron chi connectivity index (χ2n) is 7.10. The molecule has 0 aliphatic heterocycles. The van der Waals surface area contributed by atoms with Crippen LogP contribution in [0.1, 0.15) is 43.4 Å². The number of carbonyl (C=O) groups is 3. The summed E-state index contributed by atoms with van der Waals surface area (Å²) in [7, 11) is 1.28. The Kier molecular flexibility index (Phi) is 6.59. The molecule has 0 aliphatic carbocycles. The van der Waals surface area contributed by atoms with Crippen LogP contribution in [0.5, 0.6) is 0 Å². The van der Waals surface area contributed by atoms with Crippen LogP contribution in [0.15, 0.2) is 47.1 Å². The lowest BCUT2D eigenvalue weighted by molar-refractivity contribution is -0.119. The number of esters is 2. The smallest absolute Gasteiger partial charge is 0.340 e. The summed E-state index contributed by atoms with van der Waals surface area (Å²) in [5, 5.41) is 2.66. The molecule has 0 radical (unpaired) electrons. The van der Waals surface area contributed by atoms with E-state index in [4.69, 9.17) is 13.9 Å². The topological polar surface area (TPSA) is 99.8 Å². The largest absolute Gasteiger partial charge is 0.467 e. The highest BCUT2D eigenvalue weighted by Crippen LogP contribution is 2.19. The Labute approximate surface area is 179 Å². The van der Waals surface area contributed by atoms with E-state index in [0.29, 0.717) is 23.4 Å². The Morgan fingerprint density at radius 1 is 1.06 bits per heavy atom. The SMILES string of the molecule is COC(=O)c1ccc(C)c(NC(=O)COC(=O)c2cc(C)n(Cc3ccco3)c2C)c1. The molecule has 8 nitrogen and oxygen atoms in total. The van der Waals surface area contributed by atoms with Crippen molar-refractivity contribution in [2.24, 2.45) is 0 Å². The van der Waals surface area contributed by atoms with E-state index in [0.717, 1.165) is 22.7 Å². The monoisotopic (exact) mass is 424 g/mol. The molecule has 1 aromatic carbocycles. The average Bonchev–Trinajstić information content (AvgIpc) is 3.37. The number of hydrogen-bond acceptors (Lipinski definition) is 6. The number of rotatable bonds is 7. The molecule has 3 aromatic rings. The number of nitrogens with zero attached hydrogens (tertiary/aromatic N) is 1. The van der Waals surface area contributed by atoms with Crippen LogP contribution in [0.2, 0.25) is 0 Å². The molecular formula is C23H24N2O6. The maximum absolute atomic E-state index is 12.5. The molecule has 0 spiro atoms. The summed E-state index contributed by atoms with van der Waals surface area (Å²) >= 11 is 0. The van der Waals surface area contributed by atoms with Crippen molar-refractivity contribution in [2.75, 3.05) is 19.0 Å². The highest BCUT2D eigenvalue weighted by atomic mass is 16.5. The van der Waals surface area contributed by atoms with Crippen molar-refractivity contribution >= 4 is 23.5 Å². The summed E-state index contributed by atoms with van der Waals surface area (Å²) < 4.78 is 17.2. The predicted molar refractivity (Wildman–Crippen MR) is 113 cm³/mol. The number of ether oxygens (including phenoxy) is 2. The third kappa shape index (κ3) is 5.03. The van der Waals surface area contributed by atoms with Crippen LogP contribution in [0, 0.1) is 20.8 Å². The zero-order valence-electron chi connectivity index (χ0n) is 17.9. The van der Waals surface area contributed by atoms with Crippen molar-refractivity contribution in [3.05, 3.63) is 76.5 Å². The molecule has 3 rings (SSSR count). The molecular weight excluding hydrogens is 400 g/mol. The van der Waals surface area contributed by atoms with E-state index in [1.807, 2.05) is 24.5 Å². The van der Waals surface area contributed by atoms with Crippen LogP contribution in [0.25, 0.3) is 0 Å². The van der Waals surface area contributed by atoms with Gasteiger partial charge in [0.25, 0.3) is 5.91 Å². The second kappa shape index (κ2) is 9.34. The summed E-state index contributed by atoms with van der Waals surface area (Å²) in [5.41, 5.74) is 3.50. The van der Waals surface area contributed by atoms with Crippen LogP contribution in [0.4, 0.5) is 5.69 Å². The lowest BCUT2D eigenvalue weighted by atomic mass is 10.1. The van der Waals surface area contributed by atoms with E-state index < -0.39 is 24.5 Å². The van der Waals surface area contributed by atoms with Gasteiger partial charge in [0, 0.05) is 17.1 Å². The first kappa shape index (κ1) is 21.9. The van der Waals surface area contributed by atoms with E-state index in [1.54, 1.807) is 37.5 Å². The first-order chi connectivity index (χ1) is 14.8. The Hall–Kier alpha value is -3.81. The van der Waals surface area contributed by atoms with E-state index in [9.17, 15) is 14.4 Å². The fraction of sp³-hybridized carbons (Fsp3) is 0.261.